The molecule has 0 saturated heterocycles. The lowest BCUT2D eigenvalue weighted by Crippen LogP contribution is -1.93. The van der Waals surface area contributed by atoms with Gasteiger partial charge in [0.1, 0.15) is 11.8 Å². The van der Waals surface area contributed by atoms with Crippen LogP contribution in [-0.2, 0) is 0 Å². The molecule has 0 aliphatic rings. The summed E-state index contributed by atoms with van der Waals surface area (Å²) in [6.07, 6.45) is 0. The number of aryl methyl sites for hydroxylation is 1. The van der Waals surface area contributed by atoms with Crippen LogP contribution in [0.2, 0.25) is 0 Å². The molecule has 2 aromatic rings. The summed E-state index contributed by atoms with van der Waals surface area (Å²) in [6.45, 7) is 1.81. The second-order valence-corrected chi connectivity index (χ2v) is 4.66. The van der Waals surface area contributed by atoms with Crippen LogP contribution in [0.25, 0.3) is 0 Å². The fraction of sp³-hybridized carbons (Fsp3) is 0.0714. The van der Waals surface area contributed by atoms with E-state index in [0.29, 0.717) is 15.8 Å². The zero-order valence-corrected chi connectivity index (χ0v) is 11.2. The number of hydrogen-bond donors (Lipinski definition) is 0. The van der Waals surface area contributed by atoms with Gasteiger partial charge in [-0.3, -0.25) is 0 Å². The summed E-state index contributed by atoms with van der Waals surface area (Å²) in [6, 6.07) is 11.8. The molecule has 2 nitrogen and oxygen atoms in total. The first-order valence-corrected chi connectivity index (χ1v) is 6.03. The first-order chi connectivity index (χ1) is 8.61. The summed E-state index contributed by atoms with van der Waals surface area (Å²) >= 11 is 3.18. The Morgan fingerprint density at radius 3 is 2.72 bits per heavy atom. The van der Waals surface area contributed by atoms with E-state index in [0.717, 1.165) is 5.56 Å². The van der Waals surface area contributed by atoms with Gasteiger partial charge >= 0.3 is 0 Å². The molecule has 0 amide bonds. The molecule has 0 aliphatic heterocycles. The third kappa shape index (κ3) is 2.52. The van der Waals surface area contributed by atoms with Crippen molar-refractivity contribution in [3.63, 3.8) is 0 Å². The highest BCUT2D eigenvalue weighted by molar-refractivity contribution is 9.10. The maximum absolute atomic E-state index is 13.7. The number of para-hydroxylation sites is 1. The van der Waals surface area contributed by atoms with Crippen molar-refractivity contribution in [2.45, 2.75) is 6.92 Å². The fourth-order valence-electron chi connectivity index (χ4n) is 1.54. The van der Waals surface area contributed by atoms with Crippen LogP contribution in [-0.4, -0.2) is 0 Å². The molecule has 18 heavy (non-hydrogen) atoms. The molecule has 4 heteroatoms. The van der Waals surface area contributed by atoms with Crippen molar-refractivity contribution in [2.75, 3.05) is 0 Å². The summed E-state index contributed by atoms with van der Waals surface area (Å²) in [5, 5.41) is 9.00. The Labute approximate surface area is 113 Å². The van der Waals surface area contributed by atoms with Crippen LogP contribution in [0.5, 0.6) is 11.5 Å². The van der Waals surface area contributed by atoms with Gasteiger partial charge in [0.2, 0.25) is 0 Å². The Morgan fingerprint density at radius 1 is 1.28 bits per heavy atom. The van der Waals surface area contributed by atoms with Crippen molar-refractivity contribution in [1.29, 1.82) is 5.26 Å². The quantitative estimate of drug-likeness (QED) is 0.815. The number of nitriles is 1. The Kier molecular flexibility index (Phi) is 3.63. The SMILES string of the molecule is Cc1cccc(C#N)c1Oc1ccc(Br)cc1F. The molecule has 0 spiro atoms. The first-order valence-electron chi connectivity index (χ1n) is 5.24. The van der Waals surface area contributed by atoms with Crippen molar-refractivity contribution in [3.8, 4) is 17.6 Å². The summed E-state index contributed by atoms with van der Waals surface area (Å²) in [5.41, 5.74) is 1.17. The largest absolute Gasteiger partial charge is 0.453 e. The number of nitrogens with zero attached hydrogens (tertiary/aromatic N) is 1. The number of benzene rings is 2. The van der Waals surface area contributed by atoms with Gasteiger partial charge in [0.15, 0.2) is 11.6 Å². The van der Waals surface area contributed by atoms with Crippen molar-refractivity contribution >= 4 is 15.9 Å². The molecule has 0 bridgehead atoms. The molecule has 0 fully saturated rings. The minimum atomic E-state index is -0.475. The highest BCUT2D eigenvalue weighted by Crippen LogP contribution is 2.31. The van der Waals surface area contributed by atoms with Crippen LogP contribution in [0, 0.1) is 24.1 Å². The fourth-order valence-corrected chi connectivity index (χ4v) is 1.88. The lowest BCUT2D eigenvalue weighted by molar-refractivity contribution is 0.438. The number of rotatable bonds is 2. The van der Waals surface area contributed by atoms with Gasteiger partial charge in [-0.1, -0.05) is 28.1 Å². The van der Waals surface area contributed by atoms with Gasteiger partial charge in [-0.05, 0) is 36.8 Å². The Bertz CT molecular complexity index is 634. The van der Waals surface area contributed by atoms with Crippen LogP contribution in [0.15, 0.2) is 40.9 Å². The van der Waals surface area contributed by atoms with Crippen LogP contribution < -0.4 is 4.74 Å². The van der Waals surface area contributed by atoms with Crippen molar-refractivity contribution < 1.29 is 9.13 Å². The average Bonchev–Trinajstić information content (AvgIpc) is 2.34. The predicted molar refractivity (Wildman–Crippen MR) is 70.1 cm³/mol. The molecule has 0 aliphatic carbocycles. The highest BCUT2D eigenvalue weighted by Gasteiger charge is 2.11. The van der Waals surface area contributed by atoms with Crippen molar-refractivity contribution in [2.24, 2.45) is 0 Å². The van der Waals surface area contributed by atoms with Crippen LogP contribution >= 0.6 is 15.9 Å². The predicted octanol–water partition coefficient (Wildman–Crippen LogP) is 4.56. The number of halogens is 2. The summed E-state index contributed by atoms with van der Waals surface area (Å²) in [7, 11) is 0. The van der Waals surface area contributed by atoms with Gasteiger partial charge in [-0.25, -0.2) is 4.39 Å². The van der Waals surface area contributed by atoms with E-state index >= 15 is 0 Å². The van der Waals surface area contributed by atoms with E-state index in [-0.39, 0.29) is 5.75 Å². The van der Waals surface area contributed by atoms with E-state index in [2.05, 4.69) is 15.9 Å². The van der Waals surface area contributed by atoms with E-state index in [9.17, 15) is 4.39 Å². The lowest BCUT2D eigenvalue weighted by atomic mass is 10.1. The lowest BCUT2D eigenvalue weighted by Gasteiger charge is -2.10. The third-order valence-electron chi connectivity index (χ3n) is 2.44. The average molecular weight is 306 g/mol. The second kappa shape index (κ2) is 5.19. The Balaban J connectivity index is 2.43. The smallest absolute Gasteiger partial charge is 0.166 e. The number of ether oxygens (including phenoxy) is 1. The third-order valence-corrected chi connectivity index (χ3v) is 2.93. The van der Waals surface area contributed by atoms with Crippen molar-refractivity contribution in [3.05, 3.63) is 57.8 Å². The van der Waals surface area contributed by atoms with Gasteiger partial charge in [-0.2, -0.15) is 5.26 Å². The maximum Gasteiger partial charge on any atom is 0.166 e. The van der Waals surface area contributed by atoms with Gasteiger partial charge in [0.05, 0.1) is 5.56 Å². The molecule has 0 N–H and O–H groups in total. The van der Waals surface area contributed by atoms with E-state index in [1.165, 1.54) is 12.1 Å². The van der Waals surface area contributed by atoms with Crippen molar-refractivity contribution in [1.82, 2.24) is 0 Å². The standard InChI is InChI=1S/C14H9BrFNO/c1-9-3-2-4-10(8-17)14(9)18-13-6-5-11(15)7-12(13)16/h2-7H,1H3. The normalized spacial score (nSPS) is 9.89. The van der Waals surface area contributed by atoms with Crippen LogP contribution in [0.4, 0.5) is 4.39 Å². The topological polar surface area (TPSA) is 33.0 Å². The molecular formula is C14H9BrFNO. The second-order valence-electron chi connectivity index (χ2n) is 3.74. The molecule has 0 saturated carbocycles. The van der Waals surface area contributed by atoms with Gasteiger partial charge in [0, 0.05) is 4.47 Å². The van der Waals surface area contributed by atoms with E-state index < -0.39 is 5.82 Å². The van der Waals surface area contributed by atoms with E-state index in [1.54, 1.807) is 18.2 Å². The zero-order chi connectivity index (χ0) is 13.1. The molecule has 0 radical (unpaired) electrons. The first kappa shape index (κ1) is 12.6. The molecule has 90 valence electrons. The minimum absolute atomic E-state index is 0.101. The van der Waals surface area contributed by atoms with E-state index in [1.807, 2.05) is 19.1 Å². The maximum atomic E-state index is 13.7. The molecule has 2 aromatic carbocycles. The van der Waals surface area contributed by atoms with E-state index in [4.69, 9.17) is 10.00 Å². The van der Waals surface area contributed by atoms with Crippen LogP contribution in [0.3, 0.4) is 0 Å². The summed E-state index contributed by atoms with van der Waals surface area (Å²) < 4.78 is 19.8. The molecule has 2 rings (SSSR count). The highest BCUT2D eigenvalue weighted by atomic mass is 79.9. The van der Waals surface area contributed by atoms with Gasteiger partial charge < -0.3 is 4.74 Å². The zero-order valence-electron chi connectivity index (χ0n) is 9.58. The summed E-state index contributed by atoms with van der Waals surface area (Å²) in [4.78, 5) is 0. The Morgan fingerprint density at radius 2 is 2.06 bits per heavy atom. The number of hydrogen-bond acceptors (Lipinski definition) is 2. The van der Waals surface area contributed by atoms with Gasteiger partial charge in [-0.15, -0.1) is 0 Å². The molecular weight excluding hydrogens is 297 g/mol. The Hall–Kier alpha value is -1.86. The van der Waals surface area contributed by atoms with Crippen LogP contribution in [0.1, 0.15) is 11.1 Å². The molecule has 0 heterocycles. The monoisotopic (exact) mass is 305 g/mol. The molecule has 0 atom stereocenters. The summed E-state index contributed by atoms with van der Waals surface area (Å²) in [5.74, 6) is 0.0155. The molecule has 0 aromatic heterocycles. The molecule has 0 unspecified atom stereocenters. The minimum Gasteiger partial charge on any atom is -0.453 e. The van der Waals surface area contributed by atoms with Gasteiger partial charge in [0.25, 0.3) is 0 Å².